The lowest BCUT2D eigenvalue weighted by atomic mass is 9.87. The second kappa shape index (κ2) is 16.3. The molecular formula is C38H51F2N3O6. The van der Waals surface area contributed by atoms with Crippen LogP contribution in [0.15, 0.2) is 64.1 Å². The van der Waals surface area contributed by atoms with Gasteiger partial charge >= 0.3 is 11.8 Å². The molecule has 268 valence electrons. The highest BCUT2D eigenvalue weighted by Crippen LogP contribution is 2.46. The Morgan fingerprint density at radius 3 is 2.43 bits per heavy atom. The van der Waals surface area contributed by atoms with E-state index in [2.05, 4.69) is 63.1 Å². The molecule has 1 aliphatic carbocycles. The molecule has 0 saturated heterocycles. The summed E-state index contributed by atoms with van der Waals surface area (Å²) >= 11 is 0. The number of halogens is 2. The molecule has 4 rings (SSSR count). The van der Waals surface area contributed by atoms with Crippen LogP contribution in [-0.2, 0) is 6.42 Å². The number of hydrogen-bond acceptors (Lipinski definition) is 7. The van der Waals surface area contributed by atoms with Crippen LogP contribution >= 0.6 is 0 Å². The first-order chi connectivity index (χ1) is 23.1. The molecule has 3 N–H and O–H groups in total. The van der Waals surface area contributed by atoms with E-state index in [0.717, 1.165) is 74.4 Å². The van der Waals surface area contributed by atoms with E-state index in [1.165, 1.54) is 22.8 Å². The Kier molecular flexibility index (Phi) is 12.6. The normalized spacial score (nSPS) is 23.4. The summed E-state index contributed by atoms with van der Waals surface area (Å²) < 4.78 is 41.9. The maximum Gasteiger partial charge on any atom is 0.418 e. The Hall–Kier alpha value is -3.83. The number of anilines is 1. The summed E-state index contributed by atoms with van der Waals surface area (Å²) in [5, 5.41) is 21.5. The number of alkyl halides is 2. The van der Waals surface area contributed by atoms with E-state index >= 15 is 0 Å². The maximum absolute atomic E-state index is 14.6. The van der Waals surface area contributed by atoms with Gasteiger partial charge < -0.3 is 19.7 Å². The molecule has 1 aromatic carbocycles. The van der Waals surface area contributed by atoms with Gasteiger partial charge in [0.2, 0.25) is 0 Å². The van der Waals surface area contributed by atoms with Gasteiger partial charge in [-0.2, -0.15) is 4.98 Å². The van der Waals surface area contributed by atoms with Crippen molar-refractivity contribution in [2.75, 3.05) is 11.9 Å². The number of hydrogen-bond donors (Lipinski definition) is 3. The lowest BCUT2D eigenvalue weighted by Gasteiger charge is -2.37. The zero-order valence-corrected chi connectivity index (χ0v) is 29.5. The van der Waals surface area contributed by atoms with Crippen molar-refractivity contribution in [3.05, 3.63) is 81.0 Å². The molecule has 9 nitrogen and oxygen atoms in total. The fourth-order valence-electron chi connectivity index (χ4n) is 6.55. The summed E-state index contributed by atoms with van der Waals surface area (Å²) in [7, 11) is 0. The van der Waals surface area contributed by atoms with Gasteiger partial charge in [-0.3, -0.25) is 9.88 Å². The third-order valence-corrected chi connectivity index (χ3v) is 9.54. The number of aliphatic hydroxyl groups excluding tert-OH is 2. The Balaban J connectivity index is 1.29. The SMILES string of the molecule is CC(C)=CCC/C(C)=C/CC/C(C)=C/CCC1(C)CCc2cc(OC(=O)Nc3ccn(C4CC(CO)C(O)C4(F)F)c(=O)n3)cc(C)c2O1. The van der Waals surface area contributed by atoms with Crippen molar-refractivity contribution in [3.8, 4) is 11.5 Å². The molecule has 1 fully saturated rings. The van der Waals surface area contributed by atoms with Gasteiger partial charge in [0, 0.05) is 18.7 Å². The molecule has 0 bridgehead atoms. The molecule has 1 aliphatic heterocycles. The minimum atomic E-state index is -3.63. The number of carbonyl (C=O) groups excluding carboxylic acids is 1. The van der Waals surface area contributed by atoms with Gasteiger partial charge in [0.1, 0.15) is 35.1 Å². The molecule has 11 heteroatoms. The van der Waals surface area contributed by atoms with E-state index in [1.807, 2.05) is 6.92 Å². The molecule has 1 amide bonds. The number of carbonyl (C=O) groups is 1. The van der Waals surface area contributed by atoms with Gasteiger partial charge in [0.05, 0.1) is 0 Å². The highest BCUT2D eigenvalue weighted by molar-refractivity contribution is 5.85. The number of aryl methyl sites for hydroxylation is 2. The molecule has 2 aromatic rings. The van der Waals surface area contributed by atoms with Gasteiger partial charge in [0.15, 0.2) is 0 Å². The zero-order valence-electron chi connectivity index (χ0n) is 29.5. The predicted molar refractivity (Wildman–Crippen MR) is 187 cm³/mol. The van der Waals surface area contributed by atoms with Crippen LogP contribution in [0.1, 0.15) is 103 Å². The Bertz CT molecular complexity index is 1640. The van der Waals surface area contributed by atoms with Crippen molar-refractivity contribution >= 4 is 11.9 Å². The van der Waals surface area contributed by atoms with Crippen LogP contribution in [0.3, 0.4) is 0 Å². The fourth-order valence-corrected chi connectivity index (χ4v) is 6.55. The number of nitrogens with one attached hydrogen (secondary N) is 1. The van der Waals surface area contributed by atoms with Gasteiger partial charge in [-0.05, 0) is 129 Å². The molecule has 49 heavy (non-hydrogen) atoms. The first-order valence-electron chi connectivity index (χ1n) is 17.1. The Morgan fingerprint density at radius 1 is 1.12 bits per heavy atom. The number of nitrogens with zero attached hydrogens (tertiary/aromatic N) is 2. The van der Waals surface area contributed by atoms with Crippen molar-refractivity contribution in [2.45, 2.75) is 123 Å². The van der Waals surface area contributed by atoms with E-state index in [9.17, 15) is 28.6 Å². The molecule has 1 aromatic heterocycles. The van der Waals surface area contributed by atoms with E-state index < -0.39 is 42.4 Å². The minimum absolute atomic E-state index is 0.174. The fraction of sp³-hybridized carbons (Fsp3) is 0.553. The minimum Gasteiger partial charge on any atom is -0.487 e. The zero-order chi connectivity index (χ0) is 35.9. The van der Waals surface area contributed by atoms with Gasteiger partial charge in [-0.25, -0.2) is 18.4 Å². The summed E-state index contributed by atoms with van der Waals surface area (Å²) in [6.45, 7) is 12.1. The maximum atomic E-state index is 14.6. The average molecular weight is 684 g/mol. The standard InChI is InChI=1S/C38H51F2N3O6/c1-24(2)10-7-11-25(3)12-8-13-26(4)14-9-17-37(6)18-15-28-21-30(20-27(5)33(28)49-37)48-36(47)42-32-16-19-43(35(46)41-32)31-22-29(23-44)34(45)38(31,39)40/h10,12,14,16,19-21,29,31,34,44-45H,7-9,11,13,15,17-18,22-23H2,1-6H3,(H,41,42,46,47)/b25-12+,26-14+. The number of rotatable bonds is 13. The van der Waals surface area contributed by atoms with Crippen LogP contribution in [-0.4, -0.2) is 50.1 Å². The molecule has 4 unspecified atom stereocenters. The second-order valence-corrected chi connectivity index (χ2v) is 14.1. The second-order valence-electron chi connectivity index (χ2n) is 14.1. The van der Waals surface area contributed by atoms with Gasteiger partial charge in [0.25, 0.3) is 5.92 Å². The number of amides is 1. The van der Waals surface area contributed by atoms with Crippen molar-refractivity contribution in [3.63, 3.8) is 0 Å². The quantitative estimate of drug-likeness (QED) is 0.183. The van der Waals surface area contributed by atoms with E-state index in [1.54, 1.807) is 12.1 Å². The van der Waals surface area contributed by atoms with Crippen molar-refractivity contribution in [1.82, 2.24) is 9.55 Å². The van der Waals surface area contributed by atoms with Crippen molar-refractivity contribution < 1.29 is 33.3 Å². The number of aromatic nitrogens is 2. The number of benzene rings is 1. The van der Waals surface area contributed by atoms with Gasteiger partial charge in [-0.15, -0.1) is 0 Å². The van der Waals surface area contributed by atoms with Gasteiger partial charge in [-0.1, -0.05) is 34.9 Å². The molecule has 0 spiro atoms. The van der Waals surface area contributed by atoms with Crippen LogP contribution < -0.4 is 20.5 Å². The summed E-state index contributed by atoms with van der Waals surface area (Å²) in [5.41, 5.74) is 4.59. The van der Waals surface area contributed by atoms with Crippen molar-refractivity contribution in [1.29, 1.82) is 0 Å². The molecular weight excluding hydrogens is 632 g/mol. The topological polar surface area (TPSA) is 123 Å². The molecule has 0 radical (unpaired) electrons. The number of fused-ring (bicyclic) bond motifs is 1. The average Bonchev–Trinajstić information content (AvgIpc) is 3.25. The third kappa shape index (κ3) is 9.88. The summed E-state index contributed by atoms with van der Waals surface area (Å²) in [4.78, 5) is 29.0. The van der Waals surface area contributed by atoms with E-state index in [0.29, 0.717) is 10.3 Å². The molecule has 2 heterocycles. The Labute approximate surface area is 287 Å². The van der Waals surface area contributed by atoms with E-state index in [4.69, 9.17) is 9.47 Å². The summed E-state index contributed by atoms with van der Waals surface area (Å²) in [6, 6.07) is 3.00. The first kappa shape index (κ1) is 38.0. The van der Waals surface area contributed by atoms with Crippen LogP contribution in [0.2, 0.25) is 0 Å². The van der Waals surface area contributed by atoms with Crippen LogP contribution in [0.25, 0.3) is 0 Å². The van der Waals surface area contributed by atoms with E-state index in [-0.39, 0.29) is 17.8 Å². The molecule has 2 aliphatic rings. The summed E-state index contributed by atoms with van der Waals surface area (Å²) in [6.07, 6.45) is 12.4. The number of ether oxygens (including phenoxy) is 2. The van der Waals surface area contributed by atoms with Crippen LogP contribution in [0.5, 0.6) is 11.5 Å². The first-order valence-corrected chi connectivity index (χ1v) is 17.1. The molecule has 1 saturated carbocycles. The smallest absolute Gasteiger partial charge is 0.418 e. The monoisotopic (exact) mass is 683 g/mol. The highest BCUT2D eigenvalue weighted by Gasteiger charge is 2.57. The largest absolute Gasteiger partial charge is 0.487 e. The lowest BCUT2D eigenvalue weighted by molar-refractivity contribution is -0.123. The van der Waals surface area contributed by atoms with Crippen LogP contribution in [0, 0.1) is 12.8 Å². The number of allylic oxidation sites excluding steroid dienone is 6. The predicted octanol–water partition coefficient (Wildman–Crippen LogP) is 8.00. The third-order valence-electron chi connectivity index (χ3n) is 9.54. The number of aliphatic hydroxyl groups is 2. The van der Waals surface area contributed by atoms with Crippen molar-refractivity contribution in [2.24, 2.45) is 5.92 Å². The summed E-state index contributed by atoms with van der Waals surface area (Å²) in [5.74, 6) is -3.79. The lowest BCUT2D eigenvalue weighted by Crippen LogP contribution is -2.40. The van der Waals surface area contributed by atoms with Crippen LogP contribution in [0.4, 0.5) is 19.4 Å². The Morgan fingerprint density at radius 2 is 1.80 bits per heavy atom. The highest BCUT2D eigenvalue weighted by atomic mass is 19.3. The molecule has 4 atom stereocenters.